The summed E-state index contributed by atoms with van der Waals surface area (Å²) in [5.41, 5.74) is -1.26. The molecular formula is C35H47FNO6+. The van der Waals surface area contributed by atoms with Gasteiger partial charge in [0.1, 0.15) is 11.7 Å². The summed E-state index contributed by atoms with van der Waals surface area (Å²) in [6, 6.07) is 19.3. The minimum Gasteiger partial charge on any atom is -0.460 e. The average Bonchev–Trinajstić information content (AvgIpc) is 3.53. The van der Waals surface area contributed by atoms with Gasteiger partial charge in [-0.2, -0.15) is 0 Å². The summed E-state index contributed by atoms with van der Waals surface area (Å²) in [7, 11) is 0.500. The lowest BCUT2D eigenvalue weighted by molar-refractivity contribution is -0.956. The maximum Gasteiger partial charge on any atom is 0.360 e. The topological polar surface area (TPSA) is 78.9 Å². The van der Waals surface area contributed by atoms with Crippen molar-refractivity contribution in [3.05, 3.63) is 71.8 Å². The Balaban J connectivity index is 0.00000207. The Morgan fingerprint density at radius 2 is 1.23 bits per heavy atom. The second kappa shape index (κ2) is 14.0. The van der Waals surface area contributed by atoms with Crippen molar-refractivity contribution in [2.75, 3.05) is 20.3 Å². The van der Waals surface area contributed by atoms with Crippen molar-refractivity contribution in [2.45, 2.75) is 108 Å². The van der Waals surface area contributed by atoms with E-state index in [0.29, 0.717) is 30.4 Å². The van der Waals surface area contributed by atoms with Crippen molar-refractivity contribution < 1.29 is 37.5 Å². The maximum absolute atomic E-state index is 14.4. The van der Waals surface area contributed by atoms with E-state index in [2.05, 4.69) is 0 Å². The van der Waals surface area contributed by atoms with Crippen molar-refractivity contribution >= 4 is 17.9 Å². The summed E-state index contributed by atoms with van der Waals surface area (Å²) in [6.45, 7) is 7.92. The van der Waals surface area contributed by atoms with Gasteiger partial charge >= 0.3 is 17.9 Å². The van der Waals surface area contributed by atoms with E-state index in [1.807, 2.05) is 57.2 Å². The van der Waals surface area contributed by atoms with E-state index in [1.54, 1.807) is 24.3 Å². The van der Waals surface area contributed by atoms with Crippen LogP contribution in [-0.2, 0) is 34.2 Å². The Kier molecular flexibility index (Phi) is 10.6. The fourth-order valence-corrected chi connectivity index (χ4v) is 7.44. The zero-order chi connectivity index (χ0) is 31.1. The molecule has 3 fully saturated rings. The number of nitrogens with zero attached hydrogens (tertiary/aromatic N) is 1. The lowest BCUT2D eigenvalue weighted by Gasteiger charge is -2.47. The molecule has 2 atom stereocenters. The van der Waals surface area contributed by atoms with Crippen molar-refractivity contribution in [3.8, 4) is 0 Å². The number of carbonyl (C=O) groups is 3. The molecule has 8 heteroatoms. The van der Waals surface area contributed by atoms with Gasteiger partial charge in [0, 0.05) is 62.5 Å². The van der Waals surface area contributed by atoms with Crippen LogP contribution in [0.5, 0.6) is 0 Å². The smallest absolute Gasteiger partial charge is 0.360 e. The fourth-order valence-electron chi connectivity index (χ4n) is 7.44. The maximum atomic E-state index is 14.4. The molecule has 3 aliphatic rings. The second-order valence-corrected chi connectivity index (χ2v) is 13.0. The van der Waals surface area contributed by atoms with Crippen LogP contribution in [0.1, 0.15) is 89.7 Å². The van der Waals surface area contributed by atoms with Gasteiger partial charge in [-0.1, -0.05) is 60.7 Å². The third-order valence-corrected chi connectivity index (χ3v) is 9.13. The van der Waals surface area contributed by atoms with E-state index >= 15 is 0 Å². The number of hydrogen-bond acceptors (Lipinski definition) is 6. The van der Waals surface area contributed by atoms with Gasteiger partial charge < -0.3 is 18.7 Å². The number of halogens is 1. The predicted molar refractivity (Wildman–Crippen MR) is 162 cm³/mol. The zero-order valence-corrected chi connectivity index (χ0v) is 26.1. The predicted octanol–water partition coefficient (Wildman–Crippen LogP) is 6.42. The summed E-state index contributed by atoms with van der Waals surface area (Å²) in [6.07, 6.45) is 6.77. The molecule has 1 spiro atoms. The Morgan fingerprint density at radius 1 is 0.767 bits per heavy atom. The zero-order valence-electron chi connectivity index (χ0n) is 26.1. The lowest BCUT2D eigenvalue weighted by Crippen LogP contribution is -2.60. The Labute approximate surface area is 255 Å². The van der Waals surface area contributed by atoms with E-state index in [1.165, 1.54) is 43.3 Å². The molecule has 3 saturated heterocycles. The first-order valence-electron chi connectivity index (χ1n) is 15.6. The van der Waals surface area contributed by atoms with Gasteiger partial charge in [-0.3, -0.25) is 14.0 Å². The molecule has 7 nitrogen and oxygen atoms in total. The van der Waals surface area contributed by atoms with Crippen LogP contribution in [0.4, 0.5) is 4.39 Å². The van der Waals surface area contributed by atoms with E-state index in [-0.39, 0.29) is 31.3 Å². The highest BCUT2D eigenvalue weighted by atomic mass is 19.1. The number of hydrogen-bond donors (Lipinski definition) is 0. The Morgan fingerprint density at radius 3 is 1.70 bits per heavy atom. The molecule has 43 heavy (non-hydrogen) atoms. The highest BCUT2D eigenvalue weighted by molar-refractivity contribution is 5.89. The largest absolute Gasteiger partial charge is 0.460 e. The van der Waals surface area contributed by atoms with E-state index in [0.717, 1.165) is 12.8 Å². The van der Waals surface area contributed by atoms with Crippen molar-refractivity contribution in [2.24, 2.45) is 0 Å². The van der Waals surface area contributed by atoms with Crippen molar-refractivity contribution in [1.82, 2.24) is 0 Å². The molecule has 0 radical (unpaired) electrons. The first kappa shape index (κ1) is 32.6. The third kappa shape index (κ3) is 7.28. The van der Waals surface area contributed by atoms with Crippen LogP contribution in [0.25, 0.3) is 0 Å². The molecule has 5 rings (SSSR count). The monoisotopic (exact) mass is 596 g/mol. The Bertz CT molecular complexity index is 1170. The highest BCUT2D eigenvalue weighted by Gasteiger charge is 2.57. The van der Waals surface area contributed by atoms with Crippen LogP contribution in [0.15, 0.2) is 60.7 Å². The summed E-state index contributed by atoms with van der Waals surface area (Å²) >= 11 is 0. The molecule has 234 valence electrons. The molecule has 2 bridgehead atoms. The number of esters is 3. The molecular weight excluding hydrogens is 549 g/mol. The van der Waals surface area contributed by atoms with Gasteiger partial charge in [-0.05, 0) is 27.2 Å². The quantitative estimate of drug-likeness (QED) is 0.189. The highest BCUT2D eigenvalue weighted by Crippen LogP contribution is 2.47. The fraction of sp³-hybridized carbons (Fsp3) is 0.571. The molecule has 0 aliphatic carbocycles. The molecule has 3 heterocycles. The number of benzene rings is 2. The number of rotatable bonds is 9. The summed E-state index contributed by atoms with van der Waals surface area (Å²) in [5, 5.41) is 0. The molecule has 0 aromatic heterocycles. The minimum atomic E-state index is -1.75. The Hall–Kier alpha value is -3.26. The summed E-state index contributed by atoms with van der Waals surface area (Å²) in [5.74, 6) is -1.49. The lowest BCUT2D eigenvalue weighted by atomic mass is 9.85. The standard InChI is InChI=1S/C34H44NO6.CH3F/c1-33(2,3)40-30(36)17-12-18-31(37)41-34(25-13-6-4-7-14-25,26-15-8-5-9-16-26)32(38)39-29-23-27-19-20-28(24-29)35(27)21-10-11-22-35;1-2/h4-9,13-16,27-29H,10-12,17-24H2,1-3H3;1H3/q+1;. The van der Waals surface area contributed by atoms with E-state index in [4.69, 9.17) is 14.2 Å². The second-order valence-electron chi connectivity index (χ2n) is 13.0. The normalized spacial score (nSPS) is 22.3. The van der Waals surface area contributed by atoms with Gasteiger partial charge in [0.2, 0.25) is 0 Å². The van der Waals surface area contributed by atoms with Gasteiger partial charge in [-0.25, -0.2) is 4.79 Å². The van der Waals surface area contributed by atoms with Crippen LogP contribution in [0.3, 0.4) is 0 Å². The van der Waals surface area contributed by atoms with Gasteiger partial charge in [0.05, 0.1) is 32.4 Å². The minimum absolute atomic E-state index is 0.0263. The third-order valence-electron chi connectivity index (χ3n) is 9.13. The van der Waals surface area contributed by atoms with Crippen molar-refractivity contribution in [1.29, 1.82) is 0 Å². The molecule has 3 aliphatic heterocycles. The van der Waals surface area contributed by atoms with Gasteiger partial charge in [-0.15, -0.1) is 0 Å². The van der Waals surface area contributed by atoms with Crippen molar-refractivity contribution in [3.63, 3.8) is 0 Å². The number of alkyl halides is 1. The van der Waals surface area contributed by atoms with Crippen LogP contribution < -0.4 is 0 Å². The number of carbonyl (C=O) groups excluding carboxylic acids is 3. The SMILES string of the molecule is CC(C)(C)OC(=O)CCCC(=O)OC(C(=O)OC1CC2CCC(C1)[N+]21CCCC1)(c1ccccc1)c1ccccc1.CF. The van der Waals surface area contributed by atoms with Gasteiger partial charge in [0.15, 0.2) is 0 Å². The molecule has 0 N–H and O–H groups in total. The first-order chi connectivity index (χ1) is 20.6. The van der Waals surface area contributed by atoms with E-state index in [9.17, 15) is 18.8 Å². The number of ether oxygens (including phenoxy) is 3. The van der Waals surface area contributed by atoms with Crippen LogP contribution >= 0.6 is 0 Å². The first-order valence-corrected chi connectivity index (χ1v) is 15.6. The molecule has 2 unspecified atom stereocenters. The van der Waals surface area contributed by atoms with E-state index < -0.39 is 23.1 Å². The molecule has 0 amide bonds. The van der Waals surface area contributed by atoms with Crippen LogP contribution in [0, 0.1) is 0 Å². The molecule has 0 saturated carbocycles. The van der Waals surface area contributed by atoms with Crippen LogP contribution in [0.2, 0.25) is 0 Å². The number of quaternary nitrogens is 1. The summed E-state index contributed by atoms with van der Waals surface area (Å²) in [4.78, 5) is 39.9. The average molecular weight is 597 g/mol. The summed E-state index contributed by atoms with van der Waals surface area (Å²) < 4.78 is 28.6. The molecule has 2 aromatic rings. The van der Waals surface area contributed by atoms with Crippen LogP contribution in [-0.4, -0.2) is 66.4 Å². The number of piperidine rings is 1. The van der Waals surface area contributed by atoms with Gasteiger partial charge in [0.25, 0.3) is 5.60 Å². The molecule has 2 aromatic carbocycles.